The molecule has 2 rings (SSSR count). The summed E-state index contributed by atoms with van der Waals surface area (Å²) in [5, 5.41) is 4.07. The summed E-state index contributed by atoms with van der Waals surface area (Å²) in [5.74, 6) is -0.781. The van der Waals surface area contributed by atoms with E-state index in [0.29, 0.717) is 44.6 Å². The fourth-order valence-corrected chi connectivity index (χ4v) is 3.55. The van der Waals surface area contributed by atoms with E-state index in [1.165, 1.54) is 22.7 Å². The average Bonchev–Trinajstić information content (AvgIpc) is 3.02. The maximum atomic E-state index is 11.8. The van der Waals surface area contributed by atoms with Crippen LogP contribution in [0.5, 0.6) is 0 Å². The van der Waals surface area contributed by atoms with Crippen molar-refractivity contribution in [2.45, 2.75) is 27.7 Å². The molecule has 0 aliphatic rings. The average molecular weight is 355 g/mol. The van der Waals surface area contributed by atoms with Crippen molar-refractivity contribution in [3.8, 4) is 0 Å². The SMILES string of the molecule is CCOC(=O)c1sc(Nc2nc(C)c(C(=O)OCC)s2)nc1C. The van der Waals surface area contributed by atoms with Gasteiger partial charge in [-0.05, 0) is 27.7 Å². The predicted molar refractivity (Wildman–Crippen MR) is 88.9 cm³/mol. The standard InChI is InChI=1S/C14H17N3O4S2/c1-5-20-11(18)9-7(3)15-13(22-9)17-14-16-8(4)10(23-14)12(19)21-6-2/h5-6H2,1-4H3,(H,15,16,17). The van der Waals surface area contributed by atoms with Gasteiger partial charge in [0.1, 0.15) is 9.75 Å². The van der Waals surface area contributed by atoms with E-state index in [-0.39, 0.29) is 0 Å². The lowest BCUT2D eigenvalue weighted by Gasteiger charge is -1.98. The first kappa shape index (κ1) is 17.4. The summed E-state index contributed by atoms with van der Waals surface area (Å²) in [5.41, 5.74) is 1.18. The quantitative estimate of drug-likeness (QED) is 0.795. The van der Waals surface area contributed by atoms with Crippen LogP contribution in [-0.4, -0.2) is 35.1 Å². The van der Waals surface area contributed by atoms with Gasteiger partial charge in [0.05, 0.1) is 24.6 Å². The molecular formula is C14H17N3O4S2. The highest BCUT2D eigenvalue weighted by molar-refractivity contribution is 7.19. The molecular weight excluding hydrogens is 338 g/mol. The maximum absolute atomic E-state index is 11.8. The number of hydrogen-bond donors (Lipinski definition) is 1. The minimum absolute atomic E-state index is 0.313. The van der Waals surface area contributed by atoms with Gasteiger partial charge >= 0.3 is 11.9 Å². The topological polar surface area (TPSA) is 90.4 Å². The van der Waals surface area contributed by atoms with Crippen LogP contribution in [0.4, 0.5) is 10.3 Å². The van der Waals surface area contributed by atoms with E-state index < -0.39 is 11.9 Å². The van der Waals surface area contributed by atoms with Gasteiger partial charge in [0.25, 0.3) is 0 Å². The number of thiazole rings is 2. The second-order valence-corrected chi connectivity index (χ2v) is 6.43. The Hall–Kier alpha value is -2.00. The molecule has 0 saturated heterocycles. The molecule has 0 radical (unpaired) electrons. The van der Waals surface area contributed by atoms with Crippen LogP contribution in [0.25, 0.3) is 0 Å². The van der Waals surface area contributed by atoms with Crippen LogP contribution in [0.3, 0.4) is 0 Å². The number of ether oxygens (including phenoxy) is 2. The lowest BCUT2D eigenvalue weighted by Crippen LogP contribution is -2.03. The Morgan fingerprint density at radius 2 is 1.30 bits per heavy atom. The first-order valence-corrected chi connectivity index (χ1v) is 8.65. The van der Waals surface area contributed by atoms with E-state index in [0.717, 1.165) is 0 Å². The third kappa shape index (κ3) is 4.05. The molecule has 2 aromatic rings. The summed E-state index contributed by atoms with van der Waals surface area (Å²) in [7, 11) is 0. The monoisotopic (exact) mass is 355 g/mol. The van der Waals surface area contributed by atoms with Crippen LogP contribution in [0.15, 0.2) is 0 Å². The van der Waals surface area contributed by atoms with Gasteiger partial charge in [0, 0.05) is 0 Å². The number of hydrogen-bond acceptors (Lipinski definition) is 9. The van der Waals surface area contributed by atoms with Crippen molar-refractivity contribution in [3.63, 3.8) is 0 Å². The Morgan fingerprint density at radius 1 is 0.913 bits per heavy atom. The molecule has 0 bridgehead atoms. The molecule has 2 heterocycles. The zero-order valence-electron chi connectivity index (χ0n) is 13.3. The van der Waals surface area contributed by atoms with E-state index in [2.05, 4.69) is 15.3 Å². The molecule has 9 heteroatoms. The van der Waals surface area contributed by atoms with Crippen LogP contribution in [0.1, 0.15) is 44.6 Å². The Bertz CT molecular complexity index is 663. The molecule has 1 N–H and O–H groups in total. The molecule has 0 fully saturated rings. The molecule has 0 amide bonds. The first-order chi connectivity index (χ1) is 11.0. The lowest BCUT2D eigenvalue weighted by atomic mass is 10.4. The largest absolute Gasteiger partial charge is 0.462 e. The fraction of sp³-hybridized carbons (Fsp3) is 0.429. The van der Waals surface area contributed by atoms with Gasteiger partial charge in [-0.1, -0.05) is 22.7 Å². The predicted octanol–water partition coefficient (Wildman–Crippen LogP) is 3.31. The first-order valence-electron chi connectivity index (χ1n) is 7.02. The third-order valence-electron chi connectivity index (χ3n) is 2.73. The van der Waals surface area contributed by atoms with Gasteiger partial charge in [-0.25, -0.2) is 19.6 Å². The molecule has 0 atom stereocenters. The van der Waals surface area contributed by atoms with Crippen molar-refractivity contribution in [3.05, 3.63) is 21.1 Å². The van der Waals surface area contributed by atoms with E-state index in [9.17, 15) is 9.59 Å². The highest BCUT2D eigenvalue weighted by Crippen LogP contribution is 2.30. The van der Waals surface area contributed by atoms with Crippen LogP contribution < -0.4 is 5.32 Å². The summed E-state index contributed by atoms with van der Waals surface area (Å²) in [4.78, 5) is 33.1. The smallest absolute Gasteiger partial charge is 0.350 e. The third-order valence-corrected chi connectivity index (χ3v) is 4.83. The maximum Gasteiger partial charge on any atom is 0.350 e. The zero-order chi connectivity index (χ0) is 17.0. The van der Waals surface area contributed by atoms with E-state index in [1.807, 2.05) is 0 Å². The van der Waals surface area contributed by atoms with Gasteiger partial charge < -0.3 is 14.8 Å². The Kier molecular flexibility index (Phi) is 5.67. The highest BCUT2D eigenvalue weighted by Gasteiger charge is 2.19. The molecule has 0 saturated carbocycles. The summed E-state index contributed by atoms with van der Waals surface area (Å²) in [6, 6.07) is 0. The van der Waals surface area contributed by atoms with Crippen LogP contribution in [0.2, 0.25) is 0 Å². The number of carbonyl (C=O) groups excluding carboxylic acids is 2. The molecule has 0 aromatic carbocycles. The van der Waals surface area contributed by atoms with Crippen molar-refractivity contribution >= 4 is 44.9 Å². The summed E-state index contributed by atoms with van der Waals surface area (Å²) < 4.78 is 9.97. The molecule has 0 spiro atoms. The van der Waals surface area contributed by atoms with Crippen molar-refractivity contribution in [2.75, 3.05) is 18.5 Å². The number of aryl methyl sites for hydroxylation is 2. The Balaban J connectivity index is 2.17. The summed E-state index contributed by atoms with van der Waals surface area (Å²) in [6.07, 6.45) is 0. The molecule has 2 aromatic heterocycles. The van der Waals surface area contributed by atoms with Gasteiger partial charge in [0.15, 0.2) is 10.3 Å². The second-order valence-electron chi connectivity index (χ2n) is 4.43. The minimum atomic E-state index is -0.391. The molecule has 23 heavy (non-hydrogen) atoms. The summed E-state index contributed by atoms with van der Waals surface area (Å²) >= 11 is 2.38. The van der Waals surface area contributed by atoms with E-state index in [1.54, 1.807) is 27.7 Å². The number of nitrogens with zero attached hydrogens (tertiary/aromatic N) is 2. The van der Waals surface area contributed by atoms with Gasteiger partial charge in [0.2, 0.25) is 0 Å². The van der Waals surface area contributed by atoms with Gasteiger partial charge in [-0.15, -0.1) is 0 Å². The number of carbonyl (C=O) groups is 2. The van der Waals surface area contributed by atoms with Crippen molar-refractivity contribution in [2.24, 2.45) is 0 Å². The molecule has 124 valence electrons. The number of rotatable bonds is 6. The van der Waals surface area contributed by atoms with Crippen molar-refractivity contribution in [1.29, 1.82) is 0 Å². The highest BCUT2D eigenvalue weighted by atomic mass is 32.1. The fourth-order valence-electron chi connectivity index (χ4n) is 1.76. The van der Waals surface area contributed by atoms with Crippen LogP contribution in [-0.2, 0) is 9.47 Å². The van der Waals surface area contributed by atoms with Crippen molar-refractivity contribution < 1.29 is 19.1 Å². The summed E-state index contributed by atoms with van der Waals surface area (Å²) in [6.45, 7) is 7.61. The normalized spacial score (nSPS) is 10.4. The molecule has 0 aliphatic heterocycles. The van der Waals surface area contributed by atoms with Crippen molar-refractivity contribution in [1.82, 2.24) is 9.97 Å². The van der Waals surface area contributed by atoms with Crippen LogP contribution >= 0.6 is 22.7 Å². The Morgan fingerprint density at radius 3 is 1.65 bits per heavy atom. The minimum Gasteiger partial charge on any atom is -0.462 e. The van der Waals surface area contributed by atoms with Gasteiger partial charge in [-0.3, -0.25) is 0 Å². The molecule has 0 unspecified atom stereocenters. The van der Waals surface area contributed by atoms with Gasteiger partial charge in [-0.2, -0.15) is 0 Å². The Labute approximate surface area is 141 Å². The van der Waals surface area contributed by atoms with Crippen LogP contribution in [0, 0.1) is 13.8 Å². The lowest BCUT2D eigenvalue weighted by molar-refractivity contribution is 0.0521. The zero-order valence-corrected chi connectivity index (χ0v) is 14.9. The number of anilines is 2. The second kappa shape index (κ2) is 7.51. The molecule has 0 aliphatic carbocycles. The number of esters is 2. The van der Waals surface area contributed by atoms with E-state index in [4.69, 9.17) is 9.47 Å². The number of aromatic nitrogens is 2. The number of nitrogens with one attached hydrogen (secondary N) is 1. The van der Waals surface area contributed by atoms with E-state index >= 15 is 0 Å². The molecule has 7 nitrogen and oxygen atoms in total.